The zero-order chi connectivity index (χ0) is 11.5. The van der Waals surface area contributed by atoms with Gasteiger partial charge >= 0.3 is 0 Å². The van der Waals surface area contributed by atoms with Crippen LogP contribution in [0.3, 0.4) is 0 Å². The maximum atomic E-state index is 8.92. The lowest BCUT2D eigenvalue weighted by molar-refractivity contribution is 0.427. The molecule has 0 radical (unpaired) electrons. The molecule has 0 aliphatic heterocycles. The molecule has 1 aliphatic carbocycles. The maximum Gasteiger partial charge on any atom is 0.147 e. The summed E-state index contributed by atoms with van der Waals surface area (Å²) in [6.07, 6.45) is 6.23. The van der Waals surface area contributed by atoms with Crippen LogP contribution >= 0.6 is 12.2 Å². The van der Waals surface area contributed by atoms with E-state index < -0.39 is 0 Å². The average molecular weight is 233 g/mol. The summed E-state index contributed by atoms with van der Waals surface area (Å²) in [6, 6.07) is 2.10. The molecule has 1 aromatic heterocycles. The molecule has 3 nitrogen and oxygen atoms in total. The molecule has 0 aromatic carbocycles. The Bertz CT molecular complexity index is 478. The second kappa shape index (κ2) is 4.75. The monoisotopic (exact) mass is 233 g/mol. The summed E-state index contributed by atoms with van der Waals surface area (Å²) in [5, 5.41) is 8.92. The molecule has 0 saturated heterocycles. The van der Waals surface area contributed by atoms with Crippen LogP contribution in [0.4, 0.5) is 0 Å². The molecular formula is C12H15N3S. The molecule has 0 spiro atoms. The molecule has 0 amide bonds. The molecule has 84 valence electrons. The number of H-pyrrole nitrogens is 1. The van der Waals surface area contributed by atoms with Crippen molar-refractivity contribution in [2.45, 2.75) is 44.9 Å². The van der Waals surface area contributed by atoms with Crippen LogP contribution < -0.4 is 0 Å². The lowest BCUT2D eigenvalue weighted by atomic mass is 9.88. The van der Waals surface area contributed by atoms with E-state index in [0.29, 0.717) is 16.1 Å². The van der Waals surface area contributed by atoms with Crippen LogP contribution in [0.5, 0.6) is 0 Å². The first-order valence-corrected chi connectivity index (χ1v) is 6.14. The minimum atomic E-state index is 0.444. The Labute approximate surface area is 101 Å². The average Bonchev–Trinajstić information content (AvgIpc) is 2.30. The Hall–Kier alpha value is -1.21. The minimum absolute atomic E-state index is 0.444. The highest BCUT2D eigenvalue weighted by Gasteiger charge is 2.18. The van der Waals surface area contributed by atoms with Gasteiger partial charge in [-0.3, -0.25) is 0 Å². The van der Waals surface area contributed by atoms with E-state index >= 15 is 0 Å². The van der Waals surface area contributed by atoms with Crippen LogP contribution in [0.1, 0.15) is 55.1 Å². The van der Waals surface area contributed by atoms with E-state index in [1.165, 1.54) is 32.1 Å². The van der Waals surface area contributed by atoms with Gasteiger partial charge in [-0.25, -0.2) is 4.98 Å². The summed E-state index contributed by atoms with van der Waals surface area (Å²) < 4.78 is 0.444. The van der Waals surface area contributed by atoms with Crippen molar-refractivity contribution in [3.05, 3.63) is 21.7 Å². The zero-order valence-corrected chi connectivity index (χ0v) is 10.2. The van der Waals surface area contributed by atoms with Gasteiger partial charge in [-0.15, -0.1) is 0 Å². The molecule has 1 aliphatic rings. The largest absolute Gasteiger partial charge is 0.346 e. The van der Waals surface area contributed by atoms with E-state index in [1.807, 2.05) is 6.92 Å². The molecule has 4 heteroatoms. The van der Waals surface area contributed by atoms with Gasteiger partial charge in [0.1, 0.15) is 22.1 Å². The van der Waals surface area contributed by atoms with Crippen molar-refractivity contribution in [1.29, 1.82) is 5.26 Å². The predicted molar refractivity (Wildman–Crippen MR) is 64.7 cm³/mol. The van der Waals surface area contributed by atoms with Crippen LogP contribution in [-0.2, 0) is 0 Å². The van der Waals surface area contributed by atoms with Gasteiger partial charge in [0.05, 0.1) is 0 Å². The number of nitrogens with zero attached hydrogens (tertiary/aromatic N) is 2. The van der Waals surface area contributed by atoms with Crippen molar-refractivity contribution in [2.24, 2.45) is 0 Å². The van der Waals surface area contributed by atoms with Gasteiger partial charge in [0.15, 0.2) is 0 Å². The third-order valence-corrected chi connectivity index (χ3v) is 3.53. The first-order chi connectivity index (χ1) is 7.72. The molecule has 1 saturated carbocycles. The number of hydrogen-bond acceptors (Lipinski definition) is 3. The van der Waals surface area contributed by atoms with Gasteiger partial charge in [-0.05, 0) is 19.8 Å². The number of nitrogens with one attached hydrogen (secondary N) is 1. The van der Waals surface area contributed by atoms with E-state index in [9.17, 15) is 0 Å². The summed E-state index contributed by atoms with van der Waals surface area (Å²) in [5.41, 5.74) is 1.36. The first-order valence-electron chi connectivity index (χ1n) is 5.73. The number of hydrogen-bond donors (Lipinski definition) is 1. The Kier molecular flexibility index (Phi) is 3.35. The smallest absolute Gasteiger partial charge is 0.147 e. The van der Waals surface area contributed by atoms with Crippen LogP contribution in [0.25, 0.3) is 0 Å². The summed E-state index contributed by atoms with van der Waals surface area (Å²) in [4.78, 5) is 7.60. The molecule has 16 heavy (non-hydrogen) atoms. The van der Waals surface area contributed by atoms with Crippen LogP contribution in [-0.4, -0.2) is 9.97 Å². The molecule has 1 fully saturated rings. The van der Waals surface area contributed by atoms with E-state index in [-0.39, 0.29) is 0 Å². The first kappa shape index (κ1) is 11.3. The molecule has 1 heterocycles. The molecule has 2 rings (SSSR count). The normalized spacial score (nSPS) is 17.0. The highest BCUT2D eigenvalue weighted by Crippen LogP contribution is 2.30. The summed E-state index contributed by atoms with van der Waals surface area (Å²) in [7, 11) is 0. The van der Waals surface area contributed by atoms with Gasteiger partial charge in [0.25, 0.3) is 0 Å². The van der Waals surface area contributed by atoms with Crippen molar-refractivity contribution in [2.75, 3.05) is 0 Å². The van der Waals surface area contributed by atoms with Crippen molar-refractivity contribution >= 4 is 12.2 Å². The second-order valence-electron chi connectivity index (χ2n) is 4.37. The van der Waals surface area contributed by atoms with Gasteiger partial charge in [0, 0.05) is 11.6 Å². The lowest BCUT2D eigenvalue weighted by Crippen LogP contribution is -2.10. The second-order valence-corrected chi connectivity index (χ2v) is 4.76. The fraction of sp³-hybridized carbons (Fsp3) is 0.583. The lowest BCUT2D eigenvalue weighted by Gasteiger charge is -2.21. The molecule has 0 atom stereocenters. The quantitative estimate of drug-likeness (QED) is 0.757. The SMILES string of the molecule is Cc1[nH]c(C2CCCCC2)nc(=S)c1C#N. The number of aromatic nitrogens is 2. The number of nitriles is 1. The minimum Gasteiger partial charge on any atom is -0.346 e. The summed E-state index contributed by atoms with van der Waals surface area (Å²) >= 11 is 5.14. The number of aromatic amines is 1. The van der Waals surface area contributed by atoms with Crippen molar-refractivity contribution < 1.29 is 0 Å². The van der Waals surface area contributed by atoms with Gasteiger partial charge in [-0.1, -0.05) is 31.5 Å². The van der Waals surface area contributed by atoms with E-state index in [2.05, 4.69) is 16.0 Å². The third kappa shape index (κ3) is 2.14. The highest BCUT2D eigenvalue weighted by molar-refractivity contribution is 7.71. The Balaban J connectivity index is 2.36. The van der Waals surface area contributed by atoms with E-state index in [1.54, 1.807) is 0 Å². The van der Waals surface area contributed by atoms with Crippen LogP contribution in [0.15, 0.2) is 0 Å². The van der Waals surface area contributed by atoms with E-state index in [4.69, 9.17) is 17.5 Å². The van der Waals surface area contributed by atoms with Gasteiger partial charge < -0.3 is 4.98 Å². The Morgan fingerprint density at radius 3 is 2.62 bits per heavy atom. The molecule has 0 unspecified atom stereocenters. The fourth-order valence-corrected chi connectivity index (χ4v) is 2.61. The standard InChI is InChI=1S/C12H15N3S/c1-8-10(7-13)12(16)15-11(14-8)9-5-3-2-4-6-9/h9H,2-6H2,1H3,(H,14,15,16). The Morgan fingerprint density at radius 2 is 2.06 bits per heavy atom. The van der Waals surface area contributed by atoms with Crippen LogP contribution in [0.2, 0.25) is 0 Å². The fourth-order valence-electron chi connectivity index (χ4n) is 2.31. The highest BCUT2D eigenvalue weighted by atomic mass is 32.1. The Morgan fingerprint density at radius 1 is 1.38 bits per heavy atom. The van der Waals surface area contributed by atoms with Gasteiger partial charge in [-0.2, -0.15) is 5.26 Å². The van der Waals surface area contributed by atoms with Crippen LogP contribution in [0, 0.1) is 22.9 Å². The number of aryl methyl sites for hydroxylation is 1. The van der Waals surface area contributed by atoms with Crippen molar-refractivity contribution in [3.63, 3.8) is 0 Å². The zero-order valence-electron chi connectivity index (χ0n) is 9.42. The maximum absolute atomic E-state index is 8.92. The molecule has 1 aromatic rings. The molecule has 0 bridgehead atoms. The summed E-state index contributed by atoms with van der Waals surface area (Å²) in [6.45, 7) is 1.89. The van der Waals surface area contributed by atoms with Gasteiger partial charge in [0.2, 0.25) is 0 Å². The topological polar surface area (TPSA) is 52.5 Å². The van der Waals surface area contributed by atoms with Crippen molar-refractivity contribution in [3.8, 4) is 6.07 Å². The van der Waals surface area contributed by atoms with E-state index in [0.717, 1.165) is 11.5 Å². The third-order valence-electron chi connectivity index (χ3n) is 3.23. The molecular weight excluding hydrogens is 218 g/mol. The van der Waals surface area contributed by atoms with Crippen molar-refractivity contribution in [1.82, 2.24) is 9.97 Å². The summed E-state index contributed by atoms with van der Waals surface area (Å²) in [5.74, 6) is 1.48. The number of rotatable bonds is 1. The molecule has 1 N–H and O–H groups in total. The predicted octanol–water partition coefficient (Wildman–Crippen LogP) is 3.37.